The summed E-state index contributed by atoms with van der Waals surface area (Å²) in [5.41, 5.74) is 2.94. The van der Waals surface area contributed by atoms with Gasteiger partial charge in [-0.3, -0.25) is 4.90 Å². The Morgan fingerprint density at radius 3 is 2.58 bits per heavy atom. The molecule has 0 saturated heterocycles. The van der Waals surface area contributed by atoms with Crippen molar-refractivity contribution in [1.82, 2.24) is 5.32 Å². The van der Waals surface area contributed by atoms with Crippen LogP contribution in [0.25, 0.3) is 0 Å². The molecule has 0 radical (unpaired) electrons. The standard InChI is InChI=1S/C20H22N2O2/c23-18(16-7-2-1-3-8-16)20(11-12-20)14-21-19(24)22-13-10-15-6-4-5-9-17(15)22/h1-9,18,23H,10-14H2,(H,21,24). The van der Waals surface area contributed by atoms with Gasteiger partial charge in [0.2, 0.25) is 0 Å². The van der Waals surface area contributed by atoms with E-state index < -0.39 is 6.10 Å². The zero-order chi connectivity index (χ0) is 16.6. The van der Waals surface area contributed by atoms with Crippen LogP contribution in [-0.4, -0.2) is 24.2 Å². The van der Waals surface area contributed by atoms with Crippen molar-refractivity contribution in [3.05, 3.63) is 65.7 Å². The zero-order valence-corrected chi connectivity index (χ0v) is 13.6. The molecule has 1 aliphatic carbocycles. The molecule has 1 fully saturated rings. The number of nitrogens with one attached hydrogen (secondary N) is 1. The Hall–Kier alpha value is -2.33. The predicted molar refractivity (Wildman–Crippen MR) is 94.0 cm³/mol. The van der Waals surface area contributed by atoms with Crippen LogP contribution in [-0.2, 0) is 6.42 Å². The SMILES string of the molecule is O=C(NCC1(C(O)c2ccccc2)CC1)N1CCc2ccccc21. The summed E-state index contributed by atoms with van der Waals surface area (Å²) < 4.78 is 0. The lowest BCUT2D eigenvalue weighted by molar-refractivity contribution is 0.0934. The largest absolute Gasteiger partial charge is 0.388 e. The summed E-state index contributed by atoms with van der Waals surface area (Å²) in [7, 11) is 0. The van der Waals surface area contributed by atoms with Crippen LogP contribution in [0.2, 0.25) is 0 Å². The topological polar surface area (TPSA) is 52.6 Å². The first-order valence-electron chi connectivity index (χ1n) is 8.56. The number of aliphatic hydroxyl groups excluding tert-OH is 1. The average Bonchev–Trinajstić information content (AvgIpc) is 3.31. The Labute approximate surface area is 142 Å². The minimum atomic E-state index is -0.523. The summed E-state index contributed by atoms with van der Waals surface area (Å²) >= 11 is 0. The molecule has 2 aliphatic rings. The van der Waals surface area contributed by atoms with Crippen LogP contribution in [0.4, 0.5) is 10.5 Å². The highest BCUT2D eigenvalue weighted by Crippen LogP contribution is 2.54. The van der Waals surface area contributed by atoms with Gasteiger partial charge < -0.3 is 10.4 Å². The zero-order valence-electron chi connectivity index (χ0n) is 13.6. The van der Waals surface area contributed by atoms with Crippen LogP contribution in [0, 0.1) is 5.41 Å². The van der Waals surface area contributed by atoms with Gasteiger partial charge in [0.05, 0.1) is 6.10 Å². The molecule has 4 heteroatoms. The fourth-order valence-electron chi connectivity index (χ4n) is 3.59. The number of carbonyl (C=O) groups is 1. The van der Waals surface area contributed by atoms with Crippen LogP contribution in [0.3, 0.4) is 0 Å². The summed E-state index contributed by atoms with van der Waals surface area (Å²) in [6.45, 7) is 1.24. The van der Waals surface area contributed by atoms with Crippen molar-refractivity contribution >= 4 is 11.7 Å². The first-order valence-corrected chi connectivity index (χ1v) is 8.56. The Balaban J connectivity index is 1.41. The average molecular weight is 322 g/mol. The van der Waals surface area contributed by atoms with Crippen molar-refractivity contribution in [2.45, 2.75) is 25.4 Å². The van der Waals surface area contributed by atoms with Gasteiger partial charge in [-0.05, 0) is 36.5 Å². The minimum absolute atomic E-state index is 0.0634. The van der Waals surface area contributed by atoms with Crippen LogP contribution in [0.5, 0.6) is 0 Å². The van der Waals surface area contributed by atoms with Gasteiger partial charge in [-0.25, -0.2) is 4.79 Å². The first kappa shape index (κ1) is 15.2. The molecule has 1 atom stereocenters. The molecule has 1 unspecified atom stereocenters. The summed E-state index contributed by atoms with van der Waals surface area (Å²) in [6, 6.07) is 17.7. The molecule has 1 aliphatic heterocycles. The Morgan fingerprint density at radius 2 is 1.83 bits per heavy atom. The number of para-hydroxylation sites is 1. The van der Waals surface area contributed by atoms with E-state index in [-0.39, 0.29) is 11.4 Å². The van der Waals surface area contributed by atoms with Gasteiger partial charge in [-0.15, -0.1) is 0 Å². The predicted octanol–water partition coefficient (Wildman–Crippen LogP) is 3.27. The quantitative estimate of drug-likeness (QED) is 0.908. The van der Waals surface area contributed by atoms with Crippen LogP contribution in [0.15, 0.2) is 54.6 Å². The van der Waals surface area contributed by atoms with Gasteiger partial charge in [0, 0.05) is 24.2 Å². The number of carbonyl (C=O) groups excluding carboxylic acids is 1. The molecule has 24 heavy (non-hydrogen) atoms. The number of anilines is 1. The summed E-state index contributed by atoms with van der Waals surface area (Å²) in [5.74, 6) is 0. The van der Waals surface area contributed by atoms with Gasteiger partial charge in [-0.2, -0.15) is 0 Å². The smallest absolute Gasteiger partial charge is 0.321 e. The molecule has 2 N–H and O–H groups in total. The number of hydrogen-bond acceptors (Lipinski definition) is 2. The van der Waals surface area contributed by atoms with Crippen molar-refractivity contribution in [3.8, 4) is 0 Å². The Bertz CT molecular complexity index is 740. The molecule has 0 bridgehead atoms. The Morgan fingerprint density at radius 1 is 1.12 bits per heavy atom. The molecule has 2 aromatic rings. The van der Waals surface area contributed by atoms with Gasteiger partial charge in [0.15, 0.2) is 0 Å². The van der Waals surface area contributed by atoms with E-state index >= 15 is 0 Å². The molecule has 0 spiro atoms. The van der Waals surface area contributed by atoms with E-state index in [1.165, 1.54) is 5.56 Å². The van der Waals surface area contributed by atoms with E-state index in [9.17, 15) is 9.90 Å². The highest BCUT2D eigenvalue weighted by atomic mass is 16.3. The van der Waals surface area contributed by atoms with Gasteiger partial charge in [0.1, 0.15) is 0 Å². The van der Waals surface area contributed by atoms with E-state index in [2.05, 4.69) is 11.4 Å². The summed E-state index contributed by atoms with van der Waals surface area (Å²) in [5, 5.41) is 13.7. The normalized spacial score (nSPS) is 18.8. The number of rotatable bonds is 4. The third-order valence-corrected chi connectivity index (χ3v) is 5.31. The second-order valence-electron chi connectivity index (χ2n) is 6.86. The van der Waals surface area contributed by atoms with Gasteiger partial charge >= 0.3 is 6.03 Å². The number of aliphatic hydroxyl groups is 1. The molecular formula is C20H22N2O2. The number of nitrogens with zero attached hydrogens (tertiary/aromatic N) is 1. The maximum absolute atomic E-state index is 12.6. The second-order valence-corrected chi connectivity index (χ2v) is 6.86. The summed E-state index contributed by atoms with van der Waals surface area (Å²) in [4.78, 5) is 14.4. The molecule has 4 rings (SSSR count). The Kier molecular flexibility index (Phi) is 3.77. The lowest BCUT2D eigenvalue weighted by atomic mass is 9.93. The van der Waals surface area contributed by atoms with E-state index in [1.54, 1.807) is 4.90 Å². The number of urea groups is 1. The molecule has 0 aromatic heterocycles. The fraction of sp³-hybridized carbons (Fsp3) is 0.350. The van der Waals surface area contributed by atoms with Crippen molar-refractivity contribution in [2.75, 3.05) is 18.0 Å². The molecule has 1 heterocycles. The third-order valence-electron chi connectivity index (χ3n) is 5.31. The van der Waals surface area contributed by atoms with Crippen molar-refractivity contribution < 1.29 is 9.90 Å². The number of amides is 2. The van der Waals surface area contributed by atoms with Gasteiger partial charge in [-0.1, -0.05) is 48.5 Å². The minimum Gasteiger partial charge on any atom is -0.388 e. The van der Waals surface area contributed by atoms with Crippen molar-refractivity contribution in [2.24, 2.45) is 5.41 Å². The third kappa shape index (κ3) is 2.67. The maximum Gasteiger partial charge on any atom is 0.321 e. The van der Waals surface area contributed by atoms with E-state index in [4.69, 9.17) is 0 Å². The van der Waals surface area contributed by atoms with Crippen LogP contribution >= 0.6 is 0 Å². The lowest BCUT2D eigenvalue weighted by Crippen LogP contribution is -2.42. The monoisotopic (exact) mass is 322 g/mol. The first-order chi connectivity index (χ1) is 11.7. The summed E-state index contributed by atoms with van der Waals surface area (Å²) in [6.07, 6.45) is 2.27. The fourth-order valence-corrected chi connectivity index (χ4v) is 3.59. The molecule has 1 saturated carbocycles. The van der Waals surface area contributed by atoms with Crippen molar-refractivity contribution in [3.63, 3.8) is 0 Å². The molecular weight excluding hydrogens is 300 g/mol. The highest BCUT2D eigenvalue weighted by Gasteiger charge is 2.49. The molecule has 2 amide bonds. The molecule has 4 nitrogen and oxygen atoms in total. The number of hydrogen-bond donors (Lipinski definition) is 2. The van der Waals surface area contributed by atoms with Crippen LogP contribution < -0.4 is 10.2 Å². The molecule has 124 valence electrons. The lowest BCUT2D eigenvalue weighted by Gasteiger charge is -2.25. The number of fused-ring (bicyclic) bond motifs is 1. The number of benzene rings is 2. The van der Waals surface area contributed by atoms with E-state index in [0.29, 0.717) is 6.54 Å². The maximum atomic E-state index is 12.6. The van der Waals surface area contributed by atoms with Crippen LogP contribution in [0.1, 0.15) is 30.1 Å². The van der Waals surface area contributed by atoms with E-state index in [0.717, 1.165) is 37.1 Å². The second kappa shape index (κ2) is 5.95. The molecule has 2 aromatic carbocycles. The van der Waals surface area contributed by atoms with Crippen molar-refractivity contribution in [1.29, 1.82) is 0 Å². The highest BCUT2D eigenvalue weighted by molar-refractivity contribution is 5.94. The van der Waals surface area contributed by atoms with E-state index in [1.807, 2.05) is 48.5 Å². The van der Waals surface area contributed by atoms with Gasteiger partial charge in [0.25, 0.3) is 0 Å².